The molecule has 0 spiro atoms. The number of nitrogens with one attached hydrogen (secondary N) is 2. The number of anilines is 1. The lowest BCUT2D eigenvalue weighted by molar-refractivity contribution is 0.0951. The average Bonchev–Trinajstić information content (AvgIpc) is 3.48. The first-order chi connectivity index (χ1) is 17.3. The van der Waals surface area contributed by atoms with Crippen LogP contribution in [-0.2, 0) is 0 Å². The monoisotopic (exact) mass is 591 g/mol. The van der Waals surface area contributed by atoms with Gasteiger partial charge in [-0.05, 0) is 66.8 Å². The zero-order valence-electron chi connectivity index (χ0n) is 17.9. The largest absolute Gasteiger partial charge is 0.451 e. The van der Waals surface area contributed by atoms with E-state index < -0.39 is 5.91 Å². The summed E-state index contributed by atoms with van der Waals surface area (Å²) >= 11 is 31.8. The zero-order valence-corrected chi connectivity index (χ0v) is 22.6. The van der Waals surface area contributed by atoms with Gasteiger partial charge in [-0.15, -0.1) is 11.3 Å². The number of thiazole rings is 1. The van der Waals surface area contributed by atoms with E-state index >= 15 is 0 Å². The first-order valence-electron chi connectivity index (χ1n) is 10.3. The molecule has 0 aliphatic heterocycles. The van der Waals surface area contributed by atoms with Crippen LogP contribution in [0.1, 0.15) is 10.6 Å². The number of amides is 1. The number of nitrogens with zero attached hydrogens (tertiary/aromatic N) is 1. The van der Waals surface area contributed by atoms with Crippen molar-refractivity contribution >= 4 is 96.9 Å². The highest BCUT2D eigenvalue weighted by Crippen LogP contribution is 2.40. The van der Waals surface area contributed by atoms with Crippen molar-refractivity contribution in [2.24, 2.45) is 0 Å². The molecule has 1 amide bonds. The number of fused-ring (bicyclic) bond motifs is 1. The lowest BCUT2D eigenvalue weighted by atomic mass is 10.2. The number of carbonyl (C=O) groups excluding carboxylic acids is 1. The van der Waals surface area contributed by atoms with E-state index in [1.54, 1.807) is 36.4 Å². The van der Waals surface area contributed by atoms with Gasteiger partial charge in [-0.1, -0.05) is 58.5 Å². The fourth-order valence-electron chi connectivity index (χ4n) is 3.46. The molecule has 0 atom stereocenters. The van der Waals surface area contributed by atoms with Crippen LogP contribution in [0, 0.1) is 0 Å². The minimum absolute atomic E-state index is 0.0223. The first kappa shape index (κ1) is 25.0. The highest BCUT2D eigenvalue weighted by atomic mass is 35.5. The fourth-order valence-corrected chi connectivity index (χ4v) is 5.69. The summed E-state index contributed by atoms with van der Waals surface area (Å²) < 4.78 is 6.70. The molecule has 2 heterocycles. The number of para-hydroxylation sites is 1. The predicted octanol–water partition coefficient (Wildman–Crippen LogP) is 8.96. The van der Waals surface area contributed by atoms with E-state index in [2.05, 4.69) is 15.6 Å². The minimum Gasteiger partial charge on any atom is -0.451 e. The van der Waals surface area contributed by atoms with Crippen LogP contribution in [0.4, 0.5) is 5.69 Å². The first-order valence-corrected chi connectivity index (χ1v) is 13.0. The van der Waals surface area contributed by atoms with Crippen LogP contribution in [0.2, 0.25) is 20.1 Å². The second-order valence-electron chi connectivity index (χ2n) is 7.49. The van der Waals surface area contributed by atoms with Crippen LogP contribution in [-0.4, -0.2) is 16.0 Å². The summed E-state index contributed by atoms with van der Waals surface area (Å²) in [6.07, 6.45) is 0. The molecule has 36 heavy (non-hydrogen) atoms. The van der Waals surface area contributed by atoms with Gasteiger partial charge in [-0.25, -0.2) is 4.98 Å². The van der Waals surface area contributed by atoms with Gasteiger partial charge in [0.05, 0.1) is 25.9 Å². The average molecular weight is 593 g/mol. The molecule has 0 radical (unpaired) electrons. The summed E-state index contributed by atoms with van der Waals surface area (Å²) in [7, 11) is 0. The summed E-state index contributed by atoms with van der Waals surface area (Å²) in [5.74, 6) is -0.0798. The van der Waals surface area contributed by atoms with Crippen molar-refractivity contribution in [3.63, 3.8) is 0 Å². The van der Waals surface area contributed by atoms with E-state index in [1.165, 1.54) is 17.4 Å². The van der Waals surface area contributed by atoms with Crippen LogP contribution in [0.3, 0.4) is 0 Å². The van der Waals surface area contributed by atoms with Crippen LogP contribution in [0.5, 0.6) is 0 Å². The van der Waals surface area contributed by atoms with Crippen molar-refractivity contribution in [2.75, 3.05) is 5.32 Å². The molecule has 2 aromatic heterocycles. The van der Waals surface area contributed by atoms with Crippen LogP contribution < -0.4 is 10.6 Å². The van der Waals surface area contributed by atoms with Gasteiger partial charge >= 0.3 is 0 Å². The smallest absolute Gasteiger partial charge is 0.293 e. The Balaban J connectivity index is 1.37. The molecule has 5 rings (SSSR count). The molecule has 0 bridgehead atoms. The number of furan rings is 1. The maximum atomic E-state index is 12.8. The van der Waals surface area contributed by atoms with Crippen LogP contribution in [0.25, 0.3) is 32.1 Å². The Labute approximate surface area is 235 Å². The number of hydrogen-bond acceptors (Lipinski definition) is 5. The van der Waals surface area contributed by atoms with E-state index in [9.17, 15) is 4.79 Å². The number of rotatable bonds is 4. The maximum absolute atomic E-state index is 12.8. The third-order valence-electron chi connectivity index (χ3n) is 5.07. The molecule has 0 saturated heterocycles. The molecule has 3 aromatic carbocycles. The molecule has 180 valence electrons. The highest BCUT2D eigenvalue weighted by Gasteiger charge is 2.19. The Hall–Kier alpha value is -2.65. The molecule has 0 unspecified atom stereocenters. The molecule has 5 aromatic rings. The van der Waals surface area contributed by atoms with Crippen molar-refractivity contribution < 1.29 is 9.21 Å². The standard InChI is InChI=1S/C25H13Cl4N3O2S2/c26-12-5-6-14(16(28)10-12)19-7-8-20(34-19)23(33)32-25(35)31-22-15(9-13(27)11-17(22)29)24-30-18-3-1-2-4-21(18)36-24/h1-11H,(H2,31,32,33,35). The van der Waals surface area contributed by atoms with Crippen molar-refractivity contribution in [3.8, 4) is 21.9 Å². The van der Waals surface area contributed by atoms with E-state index in [1.807, 2.05) is 24.3 Å². The van der Waals surface area contributed by atoms with Gasteiger partial charge in [0.25, 0.3) is 5.91 Å². The van der Waals surface area contributed by atoms with Crippen molar-refractivity contribution in [3.05, 3.63) is 92.6 Å². The molecule has 0 aliphatic carbocycles. The molecular weight excluding hydrogens is 580 g/mol. The number of carbonyl (C=O) groups is 1. The van der Waals surface area contributed by atoms with Crippen LogP contribution >= 0.6 is 70.0 Å². The third kappa shape index (κ3) is 5.22. The normalized spacial score (nSPS) is 11.0. The van der Waals surface area contributed by atoms with E-state index in [0.717, 1.165) is 10.2 Å². The lowest BCUT2D eigenvalue weighted by Crippen LogP contribution is -2.34. The van der Waals surface area contributed by atoms with Gasteiger partial charge in [-0.3, -0.25) is 10.1 Å². The Morgan fingerprint density at radius 2 is 1.67 bits per heavy atom. The topological polar surface area (TPSA) is 67.2 Å². The summed E-state index contributed by atoms with van der Waals surface area (Å²) in [5.41, 5.74) is 2.58. The predicted molar refractivity (Wildman–Crippen MR) is 153 cm³/mol. The second kappa shape index (κ2) is 10.4. The highest BCUT2D eigenvalue weighted by molar-refractivity contribution is 7.80. The molecule has 11 heteroatoms. The Morgan fingerprint density at radius 1 is 0.889 bits per heavy atom. The van der Waals surface area contributed by atoms with Gasteiger partial charge < -0.3 is 9.73 Å². The third-order valence-corrected chi connectivity index (χ3v) is 7.41. The molecule has 5 nitrogen and oxygen atoms in total. The van der Waals surface area contributed by atoms with E-state index in [4.69, 9.17) is 63.0 Å². The quantitative estimate of drug-likeness (QED) is 0.204. The maximum Gasteiger partial charge on any atom is 0.293 e. The summed E-state index contributed by atoms with van der Waals surface area (Å²) in [6.45, 7) is 0. The van der Waals surface area contributed by atoms with Crippen molar-refractivity contribution in [1.82, 2.24) is 10.3 Å². The second-order valence-corrected chi connectivity index (χ2v) is 10.6. The number of aromatic nitrogens is 1. The molecule has 0 fully saturated rings. The Kier molecular flexibility index (Phi) is 7.21. The molecule has 2 N–H and O–H groups in total. The summed E-state index contributed by atoms with van der Waals surface area (Å²) in [5, 5.41) is 8.00. The number of benzene rings is 3. The molecule has 0 aliphatic rings. The Morgan fingerprint density at radius 3 is 2.44 bits per heavy atom. The lowest BCUT2D eigenvalue weighted by Gasteiger charge is -2.14. The van der Waals surface area contributed by atoms with Gasteiger partial charge in [0.15, 0.2) is 10.9 Å². The Bertz CT molecular complexity index is 1610. The number of thiocarbonyl (C=S) groups is 1. The molecule has 0 saturated carbocycles. The SMILES string of the molecule is O=C(NC(=S)Nc1c(Cl)cc(Cl)cc1-c1nc2ccccc2s1)c1ccc(-c2ccc(Cl)cc2Cl)o1. The van der Waals surface area contributed by atoms with E-state index in [-0.39, 0.29) is 10.9 Å². The van der Waals surface area contributed by atoms with E-state index in [0.29, 0.717) is 47.7 Å². The zero-order chi connectivity index (χ0) is 25.4. The summed E-state index contributed by atoms with van der Waals surface area (Å²) in [4.78, 5) is 17.5. The molecular formula is C25H13Cl4N3O2S2. The van der Waals surface area contributed by atoms with Gasteiger partial charge in [0.2, 0.25) is 0 Å². The van der Waals surface area contributed by atoms with Gasteiger partial charge in [-0.2, -0.15) is 0 Å². The van der Waals surface area contributed by atoms with Crippen molar-refractivity contribution in [1.29, 1.82) is 0 Å². The summed E-state index contributed by atoms with van der Waals surface area (Å²) in [6, 6.07) is 19.3. The number of halogens is 4. The minimum atomic E-state index is -0.546. The van der Waals surface area contributed by atoms with Gasteiger partial charge in [0, 0.05) is 21.2 Å². The number of hydrogen-bond donors (Lipinski definition) is 2. The van der Waals surface area contributed by atoms with Crippen LogP contribution in [0.15, 0.2) is 71.1 Å². The van der Waals surface area contributed by atoms with Crippen molar-refractivity contribution in [2.45, 2.75) is 0 Å². The fraction of sp³-hybridized carbons (Fsp3) is 0. The van der Waals surface area contributed by atoms with Gasteiger partial charge in [0.1, 0.15) is 10.8 Å².